The van der Waals surface area contributed by atoms with Crippen molar-refractivity contribution in [2.75, 3.05) is 0 Å². The summed E-state index contributed by atoms with van der Waals surface area (Å²) in [6.07, 6.45) is 7.03. The molecule has 0 unspecified atom stereocenters. The molecule has 0 saturated carbocycles. The fraction of sp³-hybridized carbons (Fsp3) is 0. The molecule has 152 valence electrons. The van der Waals surface area contributed by atoms with E-state index in [2.05, 4.69) is 81.9 Å². The zero-order valence-electron chi connectivity index (χ0n) is 17.1. The van der Waals surface area contributed by atoms with E-state index in [1.807, 2.05) is 12.1 Å². The van der Waals surface area contributed by atoms with Gasteiger partial charge in [0.1, 0.15) is 12.5 Å². The van der Waals surface area contributed by atoms with E-state index in [1.54, 1.807) is 25.1 Å². The van der Waals surface area contributed by atoms with Crippen LogP contribution in [0.2, 0.25) is 0 Å². The Morgan fingerprint density at radius 3 is 1.44 bits per heavy atom. The number of benzene rings is 4. The molecular weight excluding hydrogens is 396 g/mol. The summed E-state index contributed by atoms with van der Waals surface area (Å²) >= 11 is 0. The van der Waals surface area contributed by atoms with Crippen LogP contribution in [0.4, 0.5) is 0 Å². The molecule has 7 rings (SSSR count). The molecule has 3 aromatic heterocycles. The van der Waals surface area contributed by atoms with Crippen molar-refractivity contribution in [1.29, 1.82) is 0 Å². The van der Waals surface area contributed by atoms with Gasteiger partial charge in [-0.1, -0.05) is 36.4 Å². The Hall–Kier alpha value is -4.44. The highest BCUT2D eigenvalue weighted by molar-refractivity contribution is 6.04. The van der Waals surface area contributed by atoms with Crippen molar-refractivity contribution in [2.45, 2.75) is 0 Å². The first-order valence-electron chi connectivity index (χ1n) is 10.6. The average molecular weight is 414 g/mol. The van der Waals surface area contributed by atoms with Gasteiger partial charge in [-0.2, -0.15) is 0 Å². The monoisotopic (exact) mass is 414 g/mol. The van der Waals surface area contributed by atoms with E-state index in [4.69, 9.17) is 8.83 Å². The third kappa shape index (κ3) is 2.44. The second-order valence-corrected chi connectivity index (χ2v) is 8.00. The van der Waals surface area contributed by atoms with E-state index in [9.17, 15) is 0 Å². The van der Waals surface area contributed by atoms with Gasteiger partial charge in [0.2, 0.25) is 0 Å². The summed E-state index contributed by atoms with van der Waals surface area (Å²) < 4.78 is 15.5. The maximum Gasteiger partial charge on any atom is 0.114 e. The molecule has 0 spiro atoms. The maximum atomic E-state index is 5.48. The van der Waals surface area contributed by atoms with Gasteiger partial charge in [-0.25, -0.2) is 0 Å². The average Bonchev–Trinajstić information content (AvgIpc) is 3.55. The van der Waals surface area contributed by atoms with Crippen molar-refractivity contribution < 1.29 is 8.83 Å². The Morgan fingerprint density at radius 1 is 0.500 bits per heavy atom. The number of rotatable bonds is 2. The molecule has 0 atom stereocenters. The molecule has 32 heavy (non-hydrogen) atoms. The second-order valence-electron chi connectivity index (χ2n) is 8.00. The van der Waals surface area contributed by atoms with Gasteiger partial charge in [0.05, 0.1) is 34.9 Å². The molecule has 0 aliphatic carbocycles. The number of aromatic nitrogens is 2. The molecule has 0 aliphatic rings. The van der Waals surface area contributed by atoms with E-state index in [0.29, 0.717) is 0 Å². The normalized spacial score (nSPS) is 11.8. The van der Waals surface area contributed by atoms with Crippen LogP contribution in [0.25, 0.3) is 55.0 Å². The van der Waals surface area contributed by atoms with E-state index in [1.165, 1.54) is 21.5 Å². The molecule has 4 aromatic carbocycles. The Balaban J connectivity index is 1.84. The summed E-state index contributed by atoms with van der Waals surface area (Å²) in [5.74, 6) is 0. The van der Waals surface area contributed by atoms with E-state index in [0.717, 1.165) is 33.4 Å². The predicted octanol–water partition coefficient (Wildman–Crippen LogP) is 7.63. The van der Waals surface area contributed by atoms with Gasteiger partial charge in [0, 0.05) is 33.9 Å². The Morgan fingerprint density at radius 2 is 1.00 bits per heavy atom. The highest BCUT2D eigenvalue weighted by Crippen LogP contribution is 2.31. The van der Waals surface area contributed by atoms with E-state index >= 15 is 0 Å². The predicted molar refractivity (Wildman–Crippen MR) is 128 cm³/mol. The van der Waals surface area contributed by atoms with Crippen LogP contribution in [0.3, 0.4) is 0 Å². The lowest BCUT2D eigenvalue weighted by Crippen LogP contribution is -2.00. The first-order chi connectivity index (χ1) is 15.9. The summed E-state index contributed by atoms with van der Waals surface area (Å²) in [4.78, 5) is 0. The van der Waals surface area contributed by atoms with Gasteiger partial charge in [0.15, 0.2) is 0 Å². The topological polar surface area (TPSA) is 36.1 Å². The van der Waals surface area contributed by atoms with Gasteiger partial charge in [-0.05, 0) is 47.2 Å². The fourth-order valence-electron chi connectivity index (χ4n) is 4.78. The van der Waals surface area contributed by atoms with Crippen LogP contribution in [0.15, 0.2) is 119 Å². The zero-order valence-corrected chi connectivity index (χ0v) is 17.1. The summed E-state index contributed by atoms with van der Waals surface area (Å²) in [6.45, 7) is 0. The lowest BCUT2D eigenvalue weighted by molar-refractivity contribution is 0.566. The van der Waals surface area contributed by atoms with Crippen molar-refractivity contribution in [1.82, 2.24) is 9.13 Å². The van der Waals surface area contributed by atoms with Crippen molar-refractivity contribution in [3.05, 3.63) is 110 Å². The molecule has 0 fully saturated rings. The van der Waals surface area contributed by atoms with E-state index < -0.39 is 0 Å². The molecule has 0 saturated heterocycles. The lowest BCUT2D eigenvalue weighted by Gasteiger charge is -2.16. The number of fused-ring (bicyclic) bond motifs is 2. The SMILES string of the molecule is c1cc2ccc3cc2c(c1)n(-c1ccoc1)c1ccc2cccc(c2c1)n3-c1ccoc1. The van der Waals surface area contributed by atoms with Gasteiger partial charge < -0.3 is 18.0 Å². The molecule has 0 amide bonds. The number of hydrogen-bond donors (Lipinski definition) is 0. The molecule has 4 heteroatoms. The molecule has 0 radical (unpaired) electrons. The molecule has 4 bridgehead atoms. The summed E-state index contributed by atoms with van der Waals surface area (Å²) in [5.41, 5.74) is 6.36. The number of furan rings is 2. The zero-order chi connectivity index (χ0) is 21.1. The van der Waals surface area contributed by atoms with E-state index in [-0.39, 0.29) is 0 Å². The minimum atomic E-state index is 0.993. The van der Waals surface area contributed by atoms with Crippen molar-refractivity contribution in [3.63, 3.8) is 0 Å². The third-order valence-corrected chi connectivity index (χ3v) is 6.21. The molecule has 4 nitrogen and oxygen atoms in total. The first kappa shape index (κ1) is 17.3. The number of hydrogen-bond acceptors (Lipinski definition) is 2. The Bertz CT molecular complexity index is 1630. The lowest BCUT2D eigenvalue weighted by atomic mass is 10.1. The molecule has 3 heterocycles. The third-order valence-electron chi connectivity index (χ3n) is 6.21. The highest BCUT2D eigenvalue weighted by Gasteiger charge is 2.11. The molecule has 0 aliphatic heterocycles. The maximum absolute atomic E-state index is 5.48. The molecular formula is C28H18N2O2. The van der Waals surface area contributed by atoms with Crippen LogP contribution in [0.5, 0.6) is 0 Å². The second kappa shape index (κ2) is 6.53. The largest absolute Gasteiger partial charge is 0.470 e. The van der Waals surface area contributed by atoms with Crippen LogP contribution >= 0.6 is 0 Å². The molecule has 0 N–H and O–H groups in total. The van der Waals surface area contributed by atoms with Gasteiger partial charge in [-0.3, -0.25) is 0 Å². The quantitative estimate of drug-likeness (QED) is 0.292. The standard InChI is InChI=1S/C28H18N2O2/c1-3-19-7-9-22-15-25(19)27(5-1)29(23-11-13-31-17-23)21-10-8-20-4-2-6-28(26(20)16-21)30(22)24-12-14-32-18-24/h1-18H. The van der Waals surface area contributed by atoms with Crippen molar-refractivity contribution in [3.8, 4) is 11.4 Å². The minimum absolute atomic E-state index is 0.993. The van der Waals surface area contributed by atoms with Gasteiger partial charge in [-0.15, -0.1) is 0 Å². The summed E-state index contributed by atoms with van der Waals surface area (Å²) in [5, 5.41) is 4.70. The van der Waals surface area contributed by atoms with Crippen molar-refractivity contribution in [2.24, 2.45) is 0 Å². The summed E-state index contributed by atoms with van der Waals surface area (Å²) in [7, 11) is 0. The van der Waals surface area contributed by atoms with Crippen LogP contribution < -0.4 is 0 Å². The Kier molecular flexibility index (Phi) is 3.52. The number of nitrogens with zero attached hydrogens (tertiary/aromatic N) is 2. The van der Waals surface area contributed by atoms with Gasteiger partial charge in [0.25, 0.3) is 0 Å². The van der Waals surface area contributed by atoms with Crippen LogP contribution in [-0.2, 0) is 0 Å². The van der Waals surface area contributed by atoms with Crippen LogP contribution in [-0.4, -0.2) is 9.13 Å². The molecule has 7 aromatic rings. The highest BCUT2D eigenvalue weighted by atomic mass is 16.3. The van der Waals surface area contributed by atoms with Crippen LogP contribution in [0, 0.1) is 0 Å². The Labute approximate surface area is 183 Å². The smallest absolute Gasteiger partial charge is 0.114 e. The van der Waals surface area contributed by atoms with Crippen LogP contribution in [0.1, 0.15) is 0 Å². The first-order valence-corrected chi connectivity index (χ1v) is 10.6. The summed E-state index contributed by atoms with van der Waals surface area (Å²) in [6, 6.07) is 30.1. The fourth-order valence-corrected chi connectivity index (χ4v) is 4.78. The minimum Gasteiger partial charge on any atom is -0.470 e. The van der Waals surface area contributed by atoms with Gasteiger partial charge >= 0.3 is 0 Å². The van der Waals surface area contributed by atoms with Crippen molar-refractivity contribution >= 4 is 43.6 Å².